The van der Waals surface area contributed by atoms with Crippen molar-refractivity contribution in [1.82, 2.24) is 4.98 Å². The molecule has 32 heavy (non-hydrogen) atoms. The highest BCUT2D eigenvalue weighted by Crippen LogP contribution is 2.39. The lowest BCUT2D eigenvalue weighted by Gasteiger charge is -2.06. The van der Waals surface area contributed by atoms with Gasteiger partial charge in [-0.1, -0.05) is 72.3 Å². The fourth-order valence-corrected chi connectivity index (χ4v) is 5.00. The maximum absolute atomic E-state index is 12.8. The van der Waals surface area contributed by atoms with E-state index in [2.05, 4.69) is 11.4 Å². The highest BCUT2D eigenvalue weighted by molar-refractivity contribution is 7.18. The molecule has 4 aromatic rings. The Labute approximate surface area is 199 Å². The van der Waals surface area contributed by atoms with Crippen LogP contribution in [-0.4, -0.2) is 10.9 Å². The van der Waals surface area contributed by atoms with Crippen LogP contribution in [0.1, 0.15) is 33.8 Å². The maximum atomic E-state index is 12.8. The van der Waals surface area contributed by atoms with Crippen LogP contribution in [0.4, 0.5) is 5.00 Å². The van der Waals surface area contributed by atoms with E-state index < -0.39 is 0 Å². The molecule has 4 rings (SSSR count). The van der Waals surface area contributed by atoms with E-state index in [-0.39, 0.29) is 11.8 Å². The van der Waals surface area contributed by atoms with E-state index in [9.17, 15) is 10.1 Å². The largest absolute Gasteiger partial charge is 0.312 e. The number of allylic oxidation sites excluding steroid dienone is 2. The molecule has 0 fully saturated rings. The Morgan fingerprint density at radius 2 is 1.88 bits per heavy atom. The van der Waals surface area contributed by atoms with Gasteiger partial charge in [-0.05, 0) is 41.3 Å². The number of thiazole rings is 1. The van der Waals surface area contributed by atoms with Crippen molar-refractivity contribution in [2.45, 2.75) is 12.8 Å². The van der Waals surface area contributed by atoms with Gasteiger partial charge in [0.05, 0.1) is 10.5 Å². The molecule has 1 N–H and O–H groups in total. The van der Waals surface area contributed by atoms with Crippen molar-refractivity contribution in [3.8, 4) is 16.6 Å². The van der Waals surface area contributed by atoms with Crippen molar-refractivity contribution in [2.75, 3.05) is 5.32 Å². The zero-order valence-corrected chi connectivity index (χ0v) is 19.5. The molecule has 0 radical (unpaired) electrons. The fourth-order valence-electron chi connectivity index (χ4n) is 3.14. The third-order valence-corrected chi connectivity index (χ3v) is 6.94. The summed E-state index contributed by atoms with van der Waals surface area (Å²) in [7, 11) is 0. The van der Waals surface area contributed by atoms with Crippen LogP contribution in [-0.2, 0) is 0 Å². The van der Waals surface area contributed by atoms with Gasteiger partial charge in [0.1, 0.15) is 21.8 Å². The Morgan fingerprint density at radius 1 is 1.12 bits per heavy atom. The smallest absolute Gasteiger partial charge is 0.256 e. The molecule has 2 aromatic carbocycles. The predicted molar refractivity (Wildman–Crippen MR) is 133 cm³/mol. The summed E-state index contributed by atoms with van der Waals surface area (Å²) in [4.78, 5) is 18.5. The first-order valence-electron chi connectivity index (χ1n) is 9.84. The fraction of sp³-hybridized carbons (Fsp3) is 0.0800. The molecule has 0 aliphatic carbocycles. The van der Waals surface area contributed by atoms with Crippen molar-refractivity contribution in [3.63, 3.8) is 0 Å². The number of aromatic nitrogens is 1. The number of nitriles is 1. The molecule has 4 nitrogen and oxygen atoms in total. The van der Waals surface area contributed by atoms with Gasteiger partial charge in [0.15, 0.2) is 0 Å². The molecule has 1 amide bonds. The first-order valence-corrected chi connectivity index (χ1v) is 11.9. The SMILES string of the molecule is C[C@@H](/C=C(\C#N)c1nc(-c2cccs2)c(NC(=O)c2ccc(Cl)cc2)s1)c1ccccc1. The maximum Gasteiger partial charge on any atom is 0.256 e. The quantitative estimate of drug-likeness (QED) is 0.294. The van der Waals surface area contributed by atoms with Crippen molar-refractivity contribution in [1.29, 1.82) is 5.26 Å². The summed E-state index contributed by atoms with van der Waals surface area (Å²) in [5.41, 5.74) is 2.76. The zero-order chi connectivity index (χ0) is 22.5. The van der Waals surface area contributed by atoms with Gasteiger partial charge in [-0.2, -0.15) is 5.26 Å². The third kappa shape index (κ3) is 4.97. The zero-order valence-electron chi connectivity index (χ0n) is 17.1. The van der Waals surface area contributed by atoms with E-state index in [0.717, 1.165) is 10.4 Å². The molecule has 0 aliphatic rings. The van der Waals surface area contributed by atoms with Crippen LogP contribution in [0.5, 0.6) is 0 Å². The normalized spacial score (nSPS) is 12.2. The molecule has 0 aliphatic heterocycles. The molecule has 0 spiro atoms. The highest BCUT2D eigenvalue weighted by atomic mass is 35.5. The summed E-state index contributed by atoms with van der Waals surface area (Å²) in [6.07, 6.45) is 1.91. The minimum Gasteiger partial charge on any atom is -0.312 e. The number of carbonyl (C=O) groups excluding carboxylic acids is 1. The Kier molecular flexibility index (Phi) is 6.81. The number of nitrogens with zero attached hydrogens (tertiary/aromatic N) is 2. The van der Waals surface area contributed by atoms with E-state index in [1.54, 1.807) is 24.3 Å². The molecular formula is C25H18ClN3OS2. The average Bonchev–Trinajstić information content (AvgIpc) is 3.48. The van der Waals surface area contributed by atoms with Crippen LogP contribution in [0.2, 0.25) is 5.02 Å². The molecule has 0 unspecified atom stereocenters. The number of thiophene rings is 1. The monoisotopic (exact) mass is 475 g/mol. The van der Waals surface area contributed by atoms with E-state index in [0.29, 0.717) is 31.9 Å². The third-order valence-electron chi connectivity index (χ3n) is 4.81. The summed E-state index contributed by atoms with van der Waals surface area (Å²) in [6.45, 7) is 2.05. The number of amides is 1. The summed E-state index contributed by atoms with van der Waals surface area (Å²) in [5.74, 6) is -0.207. The summed E-state index contributed by atoms with van der Waals surface area (Å²) in [6, 6.07) is 22.9. The Hall–Kier alpha value is -3.24. The van der Waals surface area contributed by atoms with Crippen LogP contribution in [0.3, 0.4) is 0 Å². The molecule has 2 heterocycles. The molecular weight excluding hydrogens is 458 g/mol. The standard InChI is InChI=1S/C25H18ClN3OS2/c1-16(17-6-3-2-4-7-17)14-19(15-27)24-28-22(21-8-5-13-31-21)25(32-24)29-23(30)18-9-11-20(26)12-10-18/h2-14,16H,1H3,(H,29,30)/b19-14+/t16-/m0/s1. The summed E-state index contributed by atoms with van der Waals surface area (Å²) in [5, 5.41) is 16.5. The van der Waals surface area contributed by atoms with Crippen LogP contribution >= 0.6 is 34.3 Å². The first kappa shape index (κ1) is 22.0. The number of anilines is 1. The second-order valence-corrected chi connectivity index (χ2v) is 9.41. The van der Waals surface area contributed by atoms with Gasteiger partial charge in [0, 0.05) is 16.5 Å². The molecule has 1 atom stereocenters. The van der Waals surface area contributed by atoms with Gasteiger partial charge in [-0.3, -0.25) is 4.79 Å². The van der Waals surface area contributed by atoms with Crippen molar-refractivity contribution < 1.29 is 4.79 Å². The van der Waals surface area contributed by atoms with Gasteiger partial charge in [0.25, 0.3) is 5.91 Å². The van der Waals surface area contributed by atoms with Gasteiger partial charge in [0.2, 0.25) is 0 Å². The second kappa shape index (κ2) is 9.92. The lowest BCUT2D eigenvalue weighted by atomic mass is 9.99. The van der Waals surface area contributed by atoms with Gasteiger partial charge in [-0.25, -0.2) is 4.98 Å². The average molecular weight is 476 g/mol. The van der Waals surface area contributed by atoms with Crippen LogP contribution in [0.15, 0.2) is 78.2 Å². The van der Waals surface area contributed by atoms with E-state index in [1.165, 1.54) is 22.7 Å². The molecule has 0 saturated heterocycles. The van der Waals surface area contributed by atoms with E-state index in [1.807, 2.05) is 60.8 Å². The number of halogens is 1. The van der Waals surface area contributed by atoms with Gasteiger partial charge >= 0.3 is 0 Å². The lowest BCUT2D eigenvalue weighted by molar-refractivity contribution is 0.102. The minimum atomic E-state index is -0.255. The molecule has 0 saturated carbocycles. The Balaban J connectivity index is 1.69. The van der Waals surface area contributed by atoms with Gasteiger partial charge < -0.3 is 5.32 Å². The number of nitrogens with one attached hydrogen (secondary N) is 1. The van der Waals surface area contributed by atoms with Crippen LogP contribution in [0, 0.1) is 11.3 Å². The number of carbonyl (C=O) groups is 1. The molecule has 2 aromatic heterocycles. The van der Waals surface area contributed by atoms with E-state index >= 15 is 0 Å². The Morgan fingerprint density at radius 3 is 2.53 bits per heavy atom. The molecule has 0 bridgehead atoms. The number of rotatable bonds is 6. The topological polar surface area (TPSA) is 65.8 Å². The van der Waals surface area contributed by atoms with Crippen LogP contribution in [0.25, 0.3) is 16.1 Å². The highest BCUT2D eigenvalue weighted by Gasteiger charge is 2.20. The van der Waals surface area contributed by atoms with Crippen molar-refractivity contribution in [3.05, 3.63) is 99.3 Å². The van der Waals surface area contributed by atoms with Crippen molar-refractivity contribution >= 4 is 50.8 Å². The molecule has 158 valence electrons. The predicted octanol–water partition coefficient (Wildman–Crippen LogP) is 7.49. The first-order chi connectivity index (χ1) is 15.5. The Bertz CT molecular complexity index is 1290. The second-order valence-electron chi connectivity index (χ2n) is 7.03. The molecule has 7 heteroatoms. The minimum absolute atomic E-state index is 0.0482. The van der Waals surface area contributed by atoms with Gasteiger partial charge in [-0.15, -0.1) is 11.3 Å². The number of hydrogen-bond donors (Lipinski definition) is 1. The van der Waals surface area contributed by atoms with E-state index in [4.69, 9.17) is 16.6 Å². The number of hydrogen-bond acceptors (Lipinski definition) is 5. The summed E-state index contributed by atoms with van der Waals surface area (Å²) < 4.78 is 0. The van der Waals surface area contributed by atoms with Crippen molar-refractivity contribution in [2.24, 2.45) is 0 Å². The summed E-state index contributed by atoms with van der Waals surface area (Å²) >= 11 is 8.77. The number of benzene rings is 2. The lowest BCUT2D eigenvalue weighted by Crippen LogP contribution is -2.11. The van der Waals surface area contributed by atoms with Crippen LogP contribution < -0.4 is 5.32 Å².